The van der Waals surface area contributed by atoms with Gasteiger partial charge in [-0.15, -0.1) is 0 Å². The molecule has 0 spiro atoms. The average molecular weight is 415 g/mol. The second-order valence-electron chi connectivity index (χ2n) is 8.53. The molecule has 0 unspecified atom stereocenters. The van der Waals surface area contributed by atoms with Gasteiger partial charge < -0.3 is 9.47 Å². The van der Waals surface area contributed by atoms with E-state index < -0.39 is 5.41 Å². The summed E-state index contributed by atoms with van der Waals surface area (Å²) in [7, 11) is 0. The molecule has 3 aromatic carbocycles. The lowest BCUT2D eigenvalue weighted by atomic mass is 9.86. The number of carbonyl (C=O) groups excluding carboxylic acids is 2. The molecule has 1 aliphatic heterocycles. The van der Waals surface area contributed by atoms with Gasteiger partial charge in [0, 0.05) is 13.4 Å². The van der Waals surface area contributed by atoms with E-state index in [9.17, 15) is 9.59 Å². The van der Waals surface area contributed by atoms with Crippen LogP contribution in [0.25, 0.3) is 11.1 Å². The lowest BCUT2D eigenvalue weighted by Gasteiger charge is -2.17. The molecule has 0 aromatic heterocycles. The Morgan fingerprint density at radius 1 is 0.935 bits per heavy atom. The molecular formula is C27H26O4. The van der Waals surface area contributed by atoms with Gasteiger partial charge >= 0.3 is 0 Å². The van der Waals surface area contributed by atoms with Gasteiger partial charge in [-0.25, -0.2) is 0 Å². The maximum Gasteiger partial charge on any atom is 0.231 e. The van der Waals surface area contributed by atoms with Crippen molar-refractivity contribution >= 4 is 11.6 Å². The highest BCUT2D eigenvalue weighted by Gasteiger charge is 2.50. The van der Waals surface area contributed by atoms with E-state index in [4.69, 9.17) is 9.47 Å². The molecule has 158 valence electrons. The number of rotatable bonds is 6. The summed E-state index contributed by atoms with van der Waals surface area (Å²) in [6.07, 6.45) is 2.12. The highest BCUT2D eigenvalue weighted by molar-refractivity contribution is 5.96. The van der Waals surface area contributed by atoms with Gasteiger partial charge in [-0.05, 0) is 72.7 Å². The molecule has 2 aliphatic rings. The van der Waals surface area contributed by atoms with Crippen molar-refractivity contribution in [3.8, 4) is 22.6 Å². The second kappa shape index (κ2) is 7.38. The average Bonchev–Trinajstić information content (AvgIpc) is 3.46. The fourth-order valence-corrected chi connectivity index (χ4v) is 4.35. The number of fused-ring (bicyclic) bond motifs is 1. The molecule has 3 aromatic rings. The molecule has 1 heterocycles. The van der Waals surface area contributed by atoms with E-state index in [2.05, 4.69) is 12.1 Å². The number of ketones is 2. The van der Waals surface area contributed by atoms with Crippen molar-refractivity contribution < 1.29 is 20.5 Å². The number of ether oxygens (including phenoxy) is 2. The molecule has 5 rings (SSSR count). The lowest BCUT2D eigenvalue weighted by Crippen LogP contribution is -2.22. The Morgan fingerprint density at radius 2 is 1.71 bits per heavy atom. The molecule has 0 saturated heterocycles. The first kappa shape index (κ1) is 19.6. The number of hydrogen-bond donors (Lipinski definition) is 0. The molecule has 0 N–H and O–H groups in total. The van der Waals surface area contributed by atoms with Crippen LogP contribution in [-0.2, 0) is 16.6 Å². The van der Waals surface area contributed by atoms with E-state index in [0.29, 0.717) is 12.0 Å². The zero-order valence-corrected chi connectivity index (χ0v) is 17.7. The van der Waals surface area contributed by atoms with Crippen molar-refractivity contribution in [2.75, 3.05) is 6.79 Å². The van der Waals surface area contributed by atoms with Crippen LogP contribution in [0.15, 0.2) is 60.7 Å². The van der Waals surface area contributed by atoms with Crippen LogP contribution in [0, 0.1) is 6.92 Å². The predicted octanol–water partition coefficient (Wildman–Crippen LogP) is 5.68. The zero-order valence-electron chi connectivity index (χ0n) is 17.7. The molecular weight excluding hydrogens is 388 g/mol. The van der Waals surface area contributed by atoms with E-state index in [1.807, 2.05) is 55.5 Å². The Kier molecular flexibility index (Phi) is 4.66. The van der Waals surface area contributed by atoms with E-state index in [1.165, 1.54) is 0 Å². The number of aryl methyl sites for hydroxylation is 1. The Labute approximate surface area is 183 Å². The Morgan fingerprint density at radius 3 is 2.48 bits per heavy atom. The van der Waals surface area contributed by atoms with Crippen LogP contribution in [0.1, 0.15) is 48.2 Å². The first-order valence-electron chi connectivity index (χ1n) is 10.6. The van der Waals surface area contributed by atoms with E-state index in [0.717, 1.165) is 52.2 Å². The summed E-state index contributed by atoms with van der Waals surface area (Å²) in [4.78, 5) is 25.2. The Hall–Kier alpha value is -3.40. The minimum absolute atomic E-state index is 0. The van der Waals surface area contributed by atoms with Crippen molar-refractivity contribution in [3.63, 3.8) is 0 Å². The van der Waals surface area contributed by atoms with Crippen molar-refractivity contribution in [2.24, 2.45) is 0 Å². The summed E-state index contributed by atoms with van der Waals surface area (Å²) in [6.45, 7) is 3.85. The van der Waals surface area contributed by atoms with Crippen LogP contribution in [0.2, 0.25) is 0 Å². The molecule has 1 fully saturated rings. The van der Waals surface area contributed by atoms with Crippen LogP contribution in [0.3, 0.4) is 0 Å². The predicted molar refractivity (Wildman–Crippen MR) is 121 cm³/mol. The number of hydrogen-bond acceptors (Lipinski definition) is 4. The summed E-state index contributed by atoms with van der Waals surface area (Å²) in [5.41, 5.74) is 5.42. The largest absolute Gasteiger partial charge is 0.454 e. The molecule has 0 amide bonds. The number of Topliss-reactive ketones (excluding diaryl/α,β-unsaturated/α-hetero) is 2. The van der Waals surface area contributed by atoms with Crippen LogP contribution >= 0.6 is 0 Å². The van der Waals surface area contributed by atoms with Crippen molar-refractivity contribution in [1.82, 2.24) is 0 Å². The summed E-state index contributed by atoms with van der Waals surface area (Å²) in [6, 6.07) is 19.7. The first-order chi connectivity index (χ1) is 15.0. The van der Waals surface area contributed by atoms with Crippen molar-refractivity contribution in [3.05, 3.63) is 82.9 Å². The maximum absolute atomic E-state index is 13.4. The summed E-state index contributed by atoms with van der Waals surface area (Å²) >= 11 is 0. The quantitative estimate of drug-likeness (QED) is 0.487. The highest BCUT2D eigenvalue weighted by Crippen LogP contribution is 2.51. The first-order valence-corrected chi connectivity index (χ1v) is 10.6. The van der Waals surface area contributed by atoms with Gasteiger partial charge in [-0.2, -0.15) is 0 Å². The minimum atomic E-state index is -0.419. The summed E-state index contributed by atoms with van der Waals surface area (Å²) < 4.78 is 10.9. The Bertz CT molecular complexity index is 1210. The van der Waals surface area contributed by atoms with Crippen molar-refractivity contribution in [2.45, 2.75) is 38.5 Å². The molecule has 1 saturated carbocycles. The molecule has 0 atom stereocenters. The van der Waals surface area contributed by atoms with E-state index >= 15 is 0 Å². The second-order valence-corrected chi connectivity index (χ2v) is 8.53. The lowest BCUT2D eigenvalue weighted by molar-refractivity contribution is -0.120. The van der Waals surface area contributed by atoms with Gasteiger partial charge in [0.25, 0.3) is 0 Å². The third kappa shape index (κ3) is 3.52. The van der Waals surface area contributed by atoms with Crippen LogP contribution in [0.5, 0.6) is 11.5 Å². The third-order valence-electron chi connectivity index (χ3n) is 6.51. The fraction of sp³-hybridized carbons (Fsp3) is 0.259. The zero-order chi connectivity index (χ0) is 21.6. The van der Waals surface area contributed by atoms with E-state index in [-0.39, 0.29) is 19.8 Å². The standard InChI is InChI=1S/C27H24O4.H2/c1-17-6-7-21(20-5-3-4-19(12-20)18(2)28)13-22(17)14-26(29)27(10-11-27)23-8-9-24-25(15-23)31-16-30-24;/h3-9,12-13,15H,10-11,14,16H2,1-2H3;1H. The van der Waals surface area contributed by atoms with Gasteiger partial charge in [0.05, 0.1) is 5.41 Å². The molecule has 1 aliphatic carbocycles. The number of benzene rings is 3. The van der Waals surface area contributed by atoms with E-state index in [1.54, 1.807) is 6.92 Å². The van der Waals surface area contributed by atoms with Gasteiger partial charge in [0.1, 0.15) is 5.78 Å². The summed E-state index contributed by atoms with van der Waals surface area (Å²) in [5.74, 6) is 1.75. The van der Waals surface area contributed by atoms with Crippen LogP contribution in [0.4, 0.5) is 0 Å². The van der Waals surface area contributed by atoms with Crippen LogP contribution < -0.4 is 9.47 Å². The Balaban J connectivity index is 0.00000245. The molecule has 0 bridgehead atoms. The topological polar surface area (TPSA) is 52.6 Å². The fourth-order valence-electron chi connectivity index (χ4n) is 4.35. The van der Waals surface area contributed by atoms with Crippen LogP contribution in [-0.4, -0.2) is 18.4 Å². The SMILES string of the molecule is CC(=O)c1cccc(-c2ccc(C)c(CC(=O)C3(c4ccc5c(c4)OCO5)CC3)c2)c1.[HH]. The monoisotopic (exact) mass is 414 g/mol. The third-order valence-corrected chi connectivity index (χ3v) is 6.51. The molecule has 0 radical (unpaired) electrons. The molecule has 4 heteroatoms. The summed E-state index contributed by atoms with van der Waals surface area (Å²) in [5, 5.41) is 0. The van der Waals surface area contributed by atoms with Gasteiger partial charge in [0.2, 0.25) is 6.79 Å². The van der Waals surface area contributed by atoms with Crippen molar-refractivity contribution in [1.29, 1.82) is 0 Å². The smallest absolute Gasteiger partial charge is 0.231 e. The normalized spacial score (nSPS) is 15.5. The maximum atomic E-state index is 13.4. The van der Waals surface area contributed by atoms with Gasteiger partial charge in [0.15, 0.2) is 17.3 Å². The molecule has 4 nitrogen and oxygen atoms in total. The minimum Gasteiger partial charge on any atom is -0.454 e. The van der Waals surface area contributed by atoms with Gasteiger partial charge in [-0.3, -0.25) is 9.59 Å². The number of carbonyl (C=O) groups is 2. The van der Waals surface area contributed by atoms with Gasteiger partial charge in [-0.1, -0.05) is 42.5 Å². The molecule has 31 heavy (non-hydrogen) atoms. The highest BCUT2D eigenvalue weighted by atomic mass is 16.7.